The fourth-order valence-corrected chi connectivity index (χ4v) is 3.91. The lowest BCUT2D eigenvalue weighted by Gasteiger charge is -2.35. The number of hydrogen-bond acceptors (Lipinski definition) is 6. The highest BCUT2D eigenvalue weighted by atomic mass is 16.5. The minimum atomic E-state index is -0.426. The van der Waals surface area contributed by atoms with Gasteiger partial charge in [0.2, 0.25) is 5.82 Å². The Morgan fingerprint density at radius 2 is 1.76 bits per heavy atom. The second-order valence-electron chi connectivity index (χ2n) is 7.69. The molecule has 3 aromatic rings. The fourth-order valence-electron chi connectivity index (χ4n) is 3.91. The van der Waals surface area contributed by atoms with E-state index < -0.39 is 6.04 Å². The van der Waals surface area contributed by atoms with Crippen molar-refractivity contribution in [3.63, 3.8) is 0 Å². The van der Waals surface area contributed by atoms with E-state index in [0.29, 0.717) is 24.9 Å². The number of methoxy groups -OCH3 is 1. The highest BCUT2D eigenvalue weighted by Gasteiger charge is 2.35. The Bertz CT molecular complexity index is 1140. The van der Waals surface area contributed by atoms with Crippen molar-refractivity contribution < 1.29 is 18.8 Å². The zero-order chi connectivity index (χ0) is 23.4. The summed E-state index contributed by atoms with van der Waals surface area (Å²) in [6.45, 7) is 7.09. The second-order valence-corrected chi connectivity index (χ2v) is 7.69. The molecule has 1 atom stereocenters. The standard InChI is InChI=1S/C25H28N4O4/c1-5-15-29-16(3)21(22(26-25(29)30)17-7-11-19(31-4)12-8-17)24-27-23(28-33-24)18-9-13-20(14-10-18)32-6-2/h7-14,22H,5-6,15H2,1-4H3,(H,26,30). The van der Waals surface area contributed by atoms with Crippen molar-refractivity contribution in [2.75, 3.05) is 20.3 Å². The first-order valence-corrected chi connectivity index (χ1v) is 11.1. The van der Waals surface area contributed by atoms with Crippen molar-refractivity contribution in [3.05, 3.63) is 65.7 Å². The maximum Gasteiger partial charge on any atom is 0.322 e. The fraction of sp³-hybridized carbons (Fsp3) is 0.320. The van der Waals surface area contributed by atoms with E-state index in [4.69, 9.17) is 14.0 Å². The van der Waals surface area contributed by atoms with Gasteiger partial charge in [0.05, 0.1) is 25.3 Å². The molecule has 0 aliphatic carbocycles. The maximum atomic E-state index is 12.9. The summed E-state index contributed by atoms with van der Waals surface area (Å²) in [7, 11) is 1.62. The van der Waals surface area contributed by atoms with Gasteiger partial charge >= 0.3 is 6.03 Å². The van der Waals surface area contributed by atoms with Gasteiger partial charge in [-0.3, -0.25) is 4.90 Å². The van der Waals surface area contributed by atoms with Crippen LogP contribution in [0.3, 0.4) is 0 Å². The van der Waals surface area contributed by atoms with Crippen LogP contribution in [0.25, 0.3) is 17.0 Å². The quantitative estimate of drug-likeness (QED) is 0.519. The lowest BCUT2D eigenvalue weighted by atomic mass is 9.94. The van der Waals surface area contributed by atoms with Gasteiger partial charge in [-0.1, -0.05) is 24.2 Å². The van der Waals surface area contributed by atoms with Crippen LogP contribution in [0.5, 0.6) is 11.5 Å². The summed E-state index contributed by atoms with van der Waals surface area (Å²) in [6, 6.07) is 14.6. The van der Waals surface area contributed by atoms with Crippen LogP contribution < -0.4 is 14.8 Å². The molecule has 33 heavy (non-hydrogen) atoms. The molecule has 8 nitrogen and oxygen atoms in total. The van der Waals surface area contributed by atoms with Gasteiger partial charge in [-0.25, -0.2) is 4.79 Å². The molecule has 1 aromatic heterocycles. The van der Waals surface area contributed by atoms with Crippen molar-refractivity contribution in [1.29, 1.82) is 0 Å². The molecule has 2 heterocycles. The van der Waals surface area contributed by atoms with E-state index in [2.05, 4.69) is 15.5 Å². The highest BCUT2D eigenvalue weighted by Crippen LogP contribution is 2.37. The minimum Gasteiger partial charge on any atom is -0.497 e. The number of allylic oxidation sites excluding steroid dienone is 1. The first-order valence-electron chi connectivity index (χ1n) is 11.1. The van der Waals surface area contributed by atoms with Gasteiger partial charge < -0.3 is 19.3 Å². The molecule has 2 aromatic carbocycles. The summed E-state index contributed by atoms with van der Waals surface area (Å²) in [6.07, 6.45) is 0.826. The number of carbonyl (C=O) groups is 1. The van der Waals surface area contributed by atoms with Crippen LogP contribution in [-0.2, 0) is 0 Å². The molecule has 0 radical (unpaired) electrons. The Labute approximate surface area is 193 Å². The largest absolute Gasteiger partial charge is 0.497 e. The van der Waals surface area contributed by atoms with Crippen molar-refractivity contribution >= 4 is 11.6 Å². The van der Waals surface area contributed by atoms with Gasteiger partial charge in [-0.2, -0.15) is 4.98 Å². The van der Waals surface area contributed by atoms with Crippen LogP contribution in [0.15, 0.2) is 58.8 Å². The van der Waals surface area contributed by atoms with Crippen LogP contribution in [0.2, 0.25) is 0 Å². The van der Waals surface area contributed by atoms with E-state index in [1.165, 1.54) is 0 Å². The molecule has 4 rings (SSSR count). The third kappa shape index (κ3) is 4.55. The molecule has 172 valence electrons. The predicted octanol–water partition coefficient (Wildman–Crippen LogP) is 5.05. The van der Waals surface area contributed by atoms with Gasteiger partial charge in [0.1, 0.15) is 11.5 Å². The van der Waals surface area contributed by atoms with Crippen LogP contribution in [0, 0.1) is 0 Å². The first-order chi connectivity index (χ1) is 16.0. The third-order valence-electron chi connectivity index (χ3n) is 5.57. The number of urea groups is 1. The van der Waals surface area contributed by atoms with Crippen molar-refractivity contribution in [2.45, 2.75) is 33.2 Å². The number of carbonyl (C=O) groups excluding carboxylic acids is 1. The first kappa shape index (κ1) is 22.4. The monoisotopic (exact) mass is 448 g/mol. The van der Waals surface area contributed by atoms with E-state index in [0.717, 1.165) is 40.3 Å². The molecule has 1 unspecified atom stereocenters. The van der Waals surface area contributed by atoms with Crippen LogP contribution >= 0.6 is 0 Å². The van der Waals surface area contributed by atoms with Crippen LogP contribution in [0.4, 0.5) is 4.79 Å². The smallest absolute Gasteiger partial charge is 0.322 e. The van der Waals surface area contributed by atoms with Gasteiger partial charge in [-0.15, -0.1) is 0 Å². The number of nitrogens with one attached hydrogen (secondary N) is 1. The normalized spacial score (nSPS) is 16.1. The summed E-state index contributed by atoms with van der Waals surface area (Å²) < 4.78 is 16.5. The van der Waals surface area contributed by atoms with Crippen LogP contribution in [-0.4, -0.2) is 41.3 Å². The average Bonchev–Trinajstić information content (AvgIpc) is 3.32. The summed E-state index contributed by atoms with van der Waals surface area (Å²) in [5.41, 5.74) is 3.29. The Hall–Kier alpha value is -3.81. The number of ether oxygens (including phenoxy) is 2. The van der Waals surface area contributed by atoms with Crippen LogP contribution in [0.1, 0.15) is 44.7 Å². The SMILES string of the molecule is CCCN1C(=O)NC(c2ccc(OC)cc2)C(c2nc(-c3ccc(OCC)cc3)no2)=C1C. The predicted molar refractivity (Wildman–Crippen MR) is 125 cm³/mol. The van der Waals surface area contributed by atoms with E-state index in [9.17, 15) is 4.79 Å². The number of benzene rings is 2. The lowest BCUT2D eigenvalue weighted by molar-refractivity contribution is 0.205. The molecule has 1 aliphatic heterocycles. The van der Waals surface area contributed by atoms with Crippen molar-refractivity contribution in [3.8, 4) is 22.9 Å². The van der Waals surface area contributed by atoms with Gasteiger partial charge in [0.15, 0.2) is 0 Å². The van der Waals surface area contributed by atoms with E-state index in [1.807, 2.05) is 69.3 Å². The number of amides is 2. The zero-order valence-corrected chi connectivity index (χ0v) is 19.3. The van der Waals surface area contributed by atoms with E-state index in [1.54, 1.807) is 12.0 Å². The minimum absolute atomic E-state index is 0.148. The molecule has 1 aliphatic rings. The molecule has 1 N–H and O–H groups in total. The number of nitrogens with zero attached hydrogens (tertiary/aromatic N) is 3. The molecule has 8 heteroatoms. The molecule has 0 saturated carbocycles. The summed E-state index contributed by atoms with van der Waals surface area (Å²) in [5.74, 6) is 2.37. The molecule has 2 amide bonds. The van der Waals surface area contributed by atoms with E-state index >= 15 is 0 Å². The molecule has 0 saturated heterocycles. The van der Waals surface area contributed by atoms with Gasteiger partial charge in [0.25, 0.3) is 5.89 Å². The number of rotatable bonds is 8. The topological polar surface area (TPSA) is 89.7 Å². The van der Waals surface area contributed by atoms with Crippen molar-refractivity contribution in [2.24, 2.45) is 0 Å². The average molecular weight is 449 g/mol. The lowest BCUT2D eigenvalue weighted by Crippen LogP contribution is -2.46. The Morgan fingerprint density at radius 3 is 2.39 bits per heavy atom. The number of hydrogen-bond donors (Lipinski definition) is 1. The van der Waals surface area contributed by atoms with Gasteiger partial charge in [0, 0.05) is 17.8 Å². The Morgan fingerprint density at radius 1 is 1.06 bits per heavy atom. The second kappa shape index (κ2) is 9.77. The van der Waals surface area contributed by atoms with Gasteiger partial charge in [-0.05, 0) is 62.2 Å². The molecule has 0 spiro atoms. The molecule has 0 bridgehead atoms. The molecular formula is C25H28N4O4. The summed E-state index contributed by atoms with van der Waals surface area (Å²) >= 11 is 0. The van der Waals surface area contributed by atoms with Crippen molar-refractivity contribution in [1.82, 2.24) is 20.4 Å². The zero-order valence-electron chi connectivity index (χ0n) is 19.3. The Kier molecular flexibility index (Phi) is 6.63. The number of aromatic nitrogens is 2. The summed E-state index contributed by atoms with van der Waals surface area (Å²) in [4.78, 5) is 19.3. The third-order valence-corrected chi connectivity index (χ3v) is 5.57. The maximum absolute atomic E-state index is 12.9. The highest BCUT2D eigenvalue weighted by molar-refractivity contribution is 5.86. The Balaban J connectivity index is 1.74. The molecule has 0 fully saturated rings. The summed E-state index contributed by atoms with van der Waals surface area (Å²) in [5, 5.41) is 7.30. The van der Waals surface area contributed by atoms with E-state index in [-0.39, 0.29) is 6.03 Å². The molecular weight excluding hydrogens is 420 g/mol.